The lowest BCUT2D eigenvalue weighted by molar-refractivity contribution is 0.293. The fraction of sp³-hybridized carbons (Fsp3) is 0.533. The van der Waals surface area contributed by atoms with Crippen molar-refractivity contribution in [1.82, 2.24) is 0 Å². The monoisotopic (exact) mass is 434 g/mol. The summed E-state index contributed by atoms with van der Waals surface area (Å²) in [6.07, 6.45) is 4.33. The zero-order chi connectivity index (χ0) is 23.3. The molecule has 0 saturated carbocycles. The number of hydrogen-bond donors (Lipinski definition) is 0. The Morgan fingerprint density at radius 3 is 1.84 bits per heavy atom. The van der Waals surface area contributed by atoms with Gasteiger partial charge in [0.25, 0.3) is 0 Å². The largest absolute Gasteiger partial charge is 0.492 e. The molecule has 0 bridgehead atoms. The van der Waals surface area contributed by atoms with Crippen LogP contribution in [0.15, 0.2) is 42.5 Å². The topological polar surface area (TPSA) is 18.5 Å². The van der Waals surface area contributed by atoms with E-state index in [4.69, 9.17) is 9.47 Å². The van der Waals surface area contributed by atoms with Gasteiger partial charge in [-0.1, -0.05) is 84.9 Å². The average molecular weight is 435 g/mol. The van der Waals surface area contributed by atoms with E-state index in [1.54, 1.807) is 0 Å². The maximum Gasteiger partial charge on any atom is 0.135 e. The van der Waals surface area contributed by atoms with Crippen LogP contribution in [-0.4, -0.2) is 13.2 Å². The standard InChI is InChI=1S/C30H42O2/c1-21(2)11-10-17-31-28-24-12-8-9-13-25(24)29(32-18-16-22(3)4)27-19-23(14-15-26(27)28)20-30(5,6)7/h8-9,12-15,19,21-22H,10-11,16-18,20H2,1-7H3. The molecule has 0 heterocycles. The Hall–Kier alpha value is -2.22. The summed E-state index contributed by atoms with van der Waals surface area (Å²) in [5, 5.41) is 4.63. The Balaban J connectivity index is 2.11. The highest BCUT2D eigenvalue weighted by atomic mass is 16.5. The maximum absolute atomic E-state index is 6.49. The van der Waals surface area contributed by atoms with E-state index in [1.807, 2.05) is 0 Å². The minimum absolute atomic E-state index is 0.235. The van der Waals surface area contributed by atoms with Crippen molar-refractivity contribution >= 4 is 21.5 Å². The van der Waals surface area contributed by atoms with Gasteiger partial charge < -0.3 is 9.47 Å². The summed E-state index contributed by atoms with van der Waals surface area (Å²) in [5.41, 5.74) is 1.58. The summed E-state index contributed by atoms with van der Waals surface area (Å²) in [7, 11) is 0. The number of hydrogen-bond acceptors (Lipinski definition) is 2. The van der Waals surface area contributed by atoms with E-state index in [1.165, 1.54) is 17.4 Å². The molecule has 2 heteroatoms. The van der Waals surface area contributed by atoms with Gasteiger partial charge in [0, 0.05) is 21.5 Å². The van der Waals surface area contributed by atoms with Crippen molar-refractivity contribution in [3.8, 4) is 11.5 Å². The van der Waals surface area contributed by atoms with Crippen molar-refractivity contribution in [1.29, 1.82) is 0 Å². The lowest BCUT2D eigenvalue weighted by Gasteiger charge is -2.21. The van der Waals surface area contributed by atoms with E-state index in [-0.39, 0.29) is 5.41 Å². The van der Waals surface area contributed by atoms with Crippen molar-refractivity contribution in [3.63, 3.8) is 0 Å². The van der Waals surface area contributed by atoms with Crippen LogP contribution >= 0.6 is 0 Å². The molecule has 3 aromatic carbocycles. The molecule has 0 aliphatic carbocycles. The first-order valence-corrected chi connectivity index (χ1v) is 12.4. The summed E-state index contributed by atoms with van der Waals surface area (Å²) >= 11 is 0. The highest BCUT2D eigenvalue weighted by molar-refractivity contribution is 6.11. The molecule has 0 aliphatic heterocycles. The van der Waals surface area contributed by atoms with Crippen LogP contribution in [0.4, 0.5) is 0 Å². The van der Waals surface area contributed by atoms with E-state index in [0.717, 1.165) is 60.1 Å². The van der Waals surface area contributed by atoms with Gasteiger partial charge in [0.05, 0.1) is 13.2 Å². The molecular formula is C30H42O2. The molecule has 0 unspecified atom stereocenters. The summed E-state index contributed by atoms with van der Waals surface area (Å²) in [4.78, 5) is 0. The molecule has 3 rings (SSSR count). The van der Waals surface area contributed by atoms with Gasteiger partial charge in [-0.25, -0.2) is 0 Å². The third-order valence-electron chi connectivity index (χ3n) is 5.84. The second kappa shape index (κ2) is 10.6. The third-order valence-corrected chi connectivity index (χ3v) is 5.84. The van der Waals surface area contributed by atoms with Gasteiger partial charge >= 0.3 is 0 Å². The van der Waals surface area contributed by atoms with Crippen molar-refractivity contribution in [3.05, 3.63) is 48.0 Å². The summed E-state index contributed by atoms with van der Waals surface area (Å²) in [6.45, 7) is 17.4. The fourth-order valence-electron chi connectivity index (χ4n) is 4.24. The van der Waals surface area contributed by atoms with Crippen molar-refractivity contribution in [2.75, 3.05) is 13.2 Å². The SMILES string of the molecule is CC(C)CCCOc1c2ccccc2c(OCCC(C)C)c2cc(CC(C)(C)C)ccc12. The minimum Gasteiger partial charge on any atom is -0.492 e. The molecular weight excluding hydrogens is 392 g/mol. The Labute approximate surface area is 195 Å². The van der Waals surface area contributed by atoms with Crippen molar-refractivity contribution in [2.24, 2.45) is 17.3 Å². The zero-order valence-corrected chi connectivity index (χ0v) is 21.3. The van der Waals surface area contributed by atoms with Crippen LogP contribution in [-0.2, 0) is 6.42 Å². The van der Waals surface area contributed by atoms with E-state index in [2.05, 4.69) is 90.9 Å². The molecule has 174 valence electrons. The van der Waals surface area contributed by atoms with Crippen LogP contribution in [0.1, 0.15) is 73.3 Å². The van der Waals surface area contributed by atoms with Crippen molar-refractivity contribution < 1.29 is 9.47 Å². The highest BCUT2D eigenvalue weighted by Gasteiger charge is 2.18. The normalized spacial score (nSPS) is 12.3. The third kappa shape index (κ3) is 6.40. The number of ether oxygens (including phenoxy) is 2. The summed E-state index contributed by atoms with van der Waals surface area (Å²) in [5.74, 6) is 3.32. The van der Waals surface area contributed by atoms with Crippen LogP contribution in [0.2, 0.25) is 0 Å². The van der Waals surface area contributed by atoms with Gasteiger partial charge in [0.1, 0.15) is 11.5 Å². The van der Waals surface area contributed by atoms with Crippen LogP contribution in [0, 0.1) is 17.3 Å². The Bertz CT molecular complexity index is 1020. The van der Waals surface area contributed by atoms with Gasteiger partial charge in [0.2, 0.25) is 0 Å². The summed E-state index contributed by atoms with van der Waals surface area (Å²) < 4.78 is 13.0. The minimum atomic E-state index is 0.235. The lowest BCUT2D eigenvalue weighted by atomic mass is 9.87. The quantitative estimate of drug-likeness (QED) is 0.234. The van der Waals surface area contributed by atoms with E-state index in [0.29, 0.717) is 11.8 Å². The van der Waals surface area contributed by atoms with E-state index < -0.39 is 0 Å². The molecule has 0 atom stereocenters. The molecule has 0 saturated heterocycles. The first-order valence-electron chi connectivity index (χ1n) is 12.4. The van der Waals surface area contributed by atoms with Gasteiger partial charge in [-0.05, 0) is 54.6 Å². The second-order valence-electron chi connectivity index (χ2n) is 11.2. The molecule has 0 amide bonds. The fourth-order valence-corrected chi connectivity index (χ4v) is 4.24. The molecule has 0 fully saturated rings. The van der Waals surface area contributed by atoms with E-state index >= 15 is 0 Å². The Kier molecular flexibility index (Phi) is 8.09. The lowest BCUT2D eigenvalue weighted by Crippen LogP contribution is -2.09. The van der Waals surface area contributed by atoms with E-state index in [9.17, 15) is 0 Å². The van der Waals surface area contributed by atoms with Crippen LogP contribution < -0.4 is 9.47 Å². The summed E-state index contributed by atoms with van der Waals surface area (Å²) in [6, 6.07) is 15.4. The van der Waals surface area contributed by atoms with Crippen molar-refractivity contribution in [2.45, 2.75) is 74.1 Å². The second-order valence-corrected chi connectivity index (χ2v) is 11.2. The predicted octanol–water partition coefficient (Wildman–Crippen LogP) is 8.82. The van der Waals surface area contributed by atoms with Gasteiger partial charge in [-0.2, -0.15) is 0 Å². The molecule has 0 aromatic heterocycles. The van der Waals surface area contributed by atoms with Gasteiger partial charge in [0.15, 0.2) is 0 Å². The van der Waals surface area contributed by atoms with Gasteiger partial charge in [-0.3, -0.25) is 0 Å². The zero-order valence-electron chi connectivity index (χ0n) is 21.3. The maximum atomic E-state index is 6.49. The smallest absolute Gasteiger partial charge is 0.135 e. The van der Waals surface area contributed by atoms with Crippen LogP contribution in [0.3, 0.4) is 0 Å². The first-order chi connectivity index (χ1) is 15.2. The molecule has 0 N–H and O–H groups in total. The molecule has 0 aliphatic rings. The molecule has 0 spiro atoms. The van der Waals surface area contributed by atoms with Crippen LogP contribution in [0.5, 0.6) is 11.5 Å². The first kappa shape index (κ1) is 24.4. The number of fused-ring (bicyclic) bond motifs is 2. The highest BCUT2D eigenvalue weighted by Crippen LogP contribution is 2.43. The average Bonchev–Trinajstić information content (AvgIpc) is 2.70. The predicted molar refractivity (Wildman–Crippen MR) is 139 cm³/mol. The molecule has 0 radical (unpaired) electrons. The Morgan fingerprint density at radius 1 is 0.688 bits per heavy atom. The number of rotatable bonds is 10. The Morgan fingerprint density at radius 2 is 1.25 bits per heavy atom. The van der Waals surface area contributed by atoms with Gasteiger partial charge in [-0.15, -0.1) is 0 Å². The molecule has 3 aromatic rings. The van der Waals surface area contributed by atoms with Crippen LogP contribution in [0.25, 0.3) is 21.5 Å². The molecule has 32 heavy (non-hydrogen) atoms. The number of benzene rings is 3. The molecule has 2 nitrogen and oxygen atoms in total.